The van der Waals surface area contributed by atoms with Crippen molar-refractivity contribution in [2.75, 3.05) is 11.9 Å². The van der Waals surface area contributed by atoms with Crippen LogP contribution in [0.2, 0.25) is 4.34 Å². The Hall–Kier alpha value is -2.04. The predicted octanol–water partition coefficient (Wildman–Crippen LogP) is 5.68. The second kappa shape index (κ2) is 12.3. The Morgan fingerprint density at radius 2 is 2.16 bits per heavy atom. The van der Waals surface area contributed by atoms with Crippen LogP contribution in [0.5, 0.6) is 0 Å². The minimum atomic E-state index is -1.41. The average molecular weight is 495 g/mol. The van der Waals surface area contributed by atoms with Gasteiger partial charge in [0, 0.05) is 12.6 Å². The number of rotatable bonds is 12. The van der Waals surface area contributed by atoms with Crippen molar-refractivity contribution in [3.8, 4) is 0 Å². The van der Waals surface area contributed by atoms with Crippen LogP contribution < -0.4 is 10.5 Å². The van der Waals surface area contributed by atoms with E-state index in [0.717, 1.165) is 29.8 Å². The van der Waals surface area contributed by atoms with E-state index < -0.39 is 6.30 Å². The standard InChI is InChI=1S/C22H24ClFN4O2S2/c1-2-14(12-30-32-25)9-19(24)28-22-17(11-26-13-27-22)20(29)18-10-16(21(23)31-18)8-15-6-4-3-5-7-15/h3-7,10-11,13-14,19H,2,8-9,12,25H2,1H3,(H,26,27,28). The quantitative estimate of drug-likeness (QED) is 0.145. The van der Waals surface area contributed by atoms with Gasteiger partial charge in [-0.1, -0.05) is 55.3 Å². The van der Waals surface area contributed by atoms with Gasteiger partial charge in [-0.2, -0.15) is 0 Å². The average Bonchev–Trinajstić information content (AvgIpc) is 3.17. The third-order valence-corrected chi connectivity index (χ3v) is 6.67. The second-order valence-corrected chi connectivity index (χ2v) is 9.27. The number of hydrogen-bond acceptors (Lipinski definition) is 8. The molecule has 0 saturated heterocycles. The van der Waals surface area contributed by atoms with Crippen LogP contribution in [0.3, 0.4) is 0 Å². The molecule has 1 aromatic carbocycles. The smallest absolute Gasteiger partial charge is 0.208 e. The summed E-state index contributed by atoms with van der Waals surface area (Å²) in [4.78, 5) is 21.7. The summed E-state index contributed by atoms with van der Waals surface area (Å²) in [5.41, 5.74) is 2.16. The lowest BCUT2D eigenvalue weighted by molar-refractivity contribution is 0.104. The topological polar surface area (TPSA) is 90.1 Å². The number of carbonyl (C=O) groups excluding carboxylic acids is 1. The van der Waals surface area contributed by atoms with E-state index in [9.17, 15) is 9.18 Å². The van der Waals surface area contributed by atoms with Gasteiger partial charge in [-0.3, -0.25) is 9.93 Å². The van der Waals surface area contributed by atoms with Gasteiger partial charge in [-0.15, -0.1) is 11.3 Å². The lowest BCUT2D eigenvalue weighted by Crippen LogP contribution is -2.22. The fourth-order valence-electron chi connectivity index (χ4n) is 3.19. The van der Waals surface area contributed by atoms with Gasteiger partial charge in [0.15, 0.2) is 6.30 Å². The van der Waals surface area contributed by atoms with E-state index in [0.29, 0.717) is 22.2 Å². The molecular formula is C22H24ClFN4O2S2. The van der Waals surface area contributed by atoms with Gasteiger partial charge >= 0.3 is 0 Å². The van der Waals surface area contributed by atoms with Gasteiger partial charge in [0.1, 0.15) is 12.1 Å². The molecule has 3 rings (SSSR count). The molecule has 6 nitrogen and oxygen atoms in total. The molecule has 0 saturated carbocycles. The number of halogens is 2. The molecule has 3 aromatic rings. The van der Waals surface area contributed by atoms with Crippen molar-refractivity contribution in [3.63, 3.8) is 0 Å². The maximum absolute atomic E-state index is 14.7. The first-order valence-electron chi connectivity index (χ1n) is 10.1. The van der Waals surface area contributed by atoms with Crippen molar-refractivity contribution in [1.82, 2.24) is 9.97 Å². The number of hydrogen-bond donors (Lipinski definition) is 2. The van der Waals surface area contributed by atoms with Crippen LogP contribution in [-0.4, -0.2) is 28.7 Å². The first-order valence-corrected chi connectivity index (χ1v) is 12.1. The van der Waals surface area contributed by atoms with E-state index >= 15 is 0 Å². The highest BCUT2D eigenvalue weighted by molar-refractivity contribution is 7.92. The molecule has 2 unspecified atom stereocenters. The van der Waals surface area contributed by atoms with E-state index in [1.807, 2.05) is 37.3 Å². The van der Waals surface area contributed by atoms with E-state index in [1.54, 1.807) is 6.07 Å². The molecule has 170 valence electrons. The van der Waals surface area contributed by atoms with Crippen molar-refractivity contribution in [2.24, 2.45) is 11.1 Å². The zero-order valence-corrected chi connectivity index (χ0v) is 19.9. The maximum Gasteiger partial charge on any atom is 0.208 e. The highest BCUT2D eigenvalue weighted by Crippen LogP contribution is 2.32. The summed E-state index contributed by atoms with van der Waals surface area (Å²) in [6.07, 6.45) is 2.80. The van der Waals surface area contributed by atoms with Crippen molar-refractivity contribution >= 4 is 46.8 Å². The van der Waals surface area contributed by atoms with E-state index in [2.05, 4.69) is 15.3 Å². The highest BCUT2D eigenvalue weighted by Gasteiger charge is 2.22. The number of aromatic nitrogens is 2. The SMILES string of the molecule is CCC(COSN)CC(F)Nc1ncncc1C(=O)c1cc(Cc2ccccc2)c(Cl)s1. The van der Waals surface area contributed by atoms with Crippen LogP contribution >= 0.6 is 35.2 Å². The Kier molecular flexibility index (Phi) is 9.43. The fraction of sp³-hybridized carbons (Fsp3) is 0.318. The molecular weight excluding hydrogens is 471 g/mol. The maximum atomic E-state index is 14.7. The summed E-state index contributed by atoms with van der Waals surface area (Å²) in [6.45, 7) is 2.29. The summed E-state index contributed by atoms with van der Waals surface area (Å²) >= 11 is 8.36. The number of anilines is 1. The summed E-state index contributed by atoms with van der Waals surface area (Å²) < 4.78 is 20.4. The molecule has 2 aromatic heterocycles. The molecule has 2 heterocycles. The third-order valence-electron chi connectivity index (χ3n) is 4.96. The van der Waals surface area contributed by atoms with Gasteiger partial charge in [-0.25, -0.2) is 14.4 Å². The number of ketones is 1. The van der Waals surface area contributed by atoms with E-state index in [4.69, 9.17) is 20.9 Å². The minimum absolute atomic E-state index is 0.0220. The molecule has 2 atom stereocenters. The molecule has 3 N–H and O–H groups in total. The monoisotopic (exact) mass is 494 g/mol. The first kappa shape index (κ1) is 24.6. The molecule has 0 aliphatic heterocycles. The van der Waals surface area contributed by atoms with Gasteiger partial charge in [0.05, 0.1) is 33.6 Å². The van der Waals surface area contributed by atoms with Crippen molar-refractivity contribution in [3.05, 3.63) is 74.8 Å². The lowest BCUT2D eigenvalue weighted by atomic mass is 10.0. The fourth-order valence-corrected chi connectivity index (χ4v) is 4.69. The van der Waals surface area contributed by atoms with Crippen LogP contribution in [0, 0.1) is 5.92 Å². The number of nitrogens with two attached hydrogens (primary N) is 1. The largest absolute Gasteiger partial charge is 0.340 e. The minimum Gasteiger partial charge on any atom is -0.340 e. The van der Waals surface area contributed by atoms with Crippen LogP contribution in [-0.2, 0) is 10.6 Å². The van der Waals surface area contributed by atoms with Crippen molar-refractivity contribution in [2.45, 2.75) is 32.5 Å². The summed E-state index contributed by atoms with van der Waals surface area (Å²) in [5, 5.41) is 7.97. The number of alkyl halides is 1. The Bertz CT molecular complexity index is 1020. The Morgan fingerprint density at radius 1 is 1.38 bits per heavy atom. The molecule has 0 radical (unpaired) electrons. The summed E-state index contributed by atoms with van der Waals surface area (Å²) in [6, 6.07) is 11.6. The van der Waals surface area contributed by atoms with E-state index in [-0.39, 0.29) is 29.5 Å². The number of thiophene rings is 1. The zero-order chi connectivity index (χ0) is 22.9. The van der Waals surface area contributed by atoms with Gasteiger partial charge in [-0.05, 0) is 29.5 Å². The van der Waals surface area contributed by atoms with Gasteiger partial charge < -0.3 is 9.50 Å². The van der Waals surface area contributed by atoms with Crippen LogP contribution in [0.4, 0.5) is 10.2 Å². The normalized spacial score (nSPS) is 13.0. The Morgan fingerprint density at radius 3 is 2.88 bits per heavy atom. The summed E-state index contributed by atoms with van der Waals surface area (Å²) in [5.74, 6) is -0.178. The number of benzene rings is 1. The zero-order valence-electron chi connectivity index (χ0n) is 17.5. The van der Waals surface area contributed by atoms with Crippen molar-refractivity contribution in [1.29, 1.82) is 0 Å². The van der Waals surface area contributed by atoms with Gasteiger partial charge in [0.25, 0.3) is 0 Å². The Labute approximate surface area is 200 Å². The molecule has 0 aliphatic carbocycles. The van der Waals surface area contributed by atoms with Gasteiger partial charge in [0.2, 0.25) is 5.78 Å². The number of carbonyl (C=O) groups is 1. The number of nitrogens with one attached hydrogen (secondary N) is 1. The first-order chi connectivity index (χ1) is 15.5. The van der Waals surface area contributed by atoms with Crippen LogP contribution in [0.25, 0.3) is 0 Å². The molecule has 0 bridgehead atoms. The molecule has 0 fully saturated rings. The number of nitrogens with zero attached hydrogens (tertiary/aromatic N) is 2. The third kappa shape index (κ3) is 6.73. The van der Waals surface area contributed by atoms with Crippen LogP contribution in [0.15, 0.2) is 48.9 Å². The lowest BCUT2D eigenvalue weighted by Gasteiger charge is -2.18. The molecule has 0 spiro atoms. The van der Waals surface area contributed by atoms with E-state index in [1.165, 1.54) is 23.9 Å². The molecule has 10 heteroatoms. The predicted molar refractivity (Wildman–Crippen MR) is 129 cm³/mol. The van der Waals surface area contributed by atoms with Crippen molar-refractivity contribution < 1.29 is 13.4 Å². The summed E-state index contributed by atoms with van der Waals surface area (Å²) in [7, 11) is 0. The molecule has 32 heavy (non-hydrogen) atoms. The second-order valence-electron chi connectivity index (χ2n) is 7.19. The highest BCUT2D eigenvalue weighted by atomic mass is 35.5. The molecule has 0 aliphatic rings. The Balaban J connectivity index is 1.73. The molecule has 0 amide bonds. The van der Waals surface area contributed by atoms with Crippen LogP contribution in [0.1, 0.15) is 46.1 Å².